The second-order valence-corrected chi connectivity index (χ2v) is 5.95. The maximum Gasteiger partial charge on any atom is 0.159 e. The first kappa shape index (κ1) is 14.9. The highest BCUT2D eigenvalue weighted by molar-refractivity contribution is 5.21. The molecule has 1 aliphatic heterocycles. The van der Waals surface area contributed by atoms with Gasteiger partial charge in [0.1, 0.15) is 0 Å². The summed E-state index contributed by atoms with van der Waals surface area (Å²) < 4.78 is 32.1. The lowest BCUT2D eigenvalue weighted by Gasteiger charge is -2.42. The van der Waals surface area contributed by atoms with E-state index in [0.29, 0.717) is 18.7 Å². The summed E-state index contributed by atoms with van der Waals surface area (Å²) in [4.78, 5) is 2.24. The van der Waals surface area contributed by atoms with Crippen LogP contribution in [-0.4, -0.2) is 41.8 Å². The van der Waals surface area contributed by atoms with Crippen molar-refractivity contribution in [2.24, 2.45) is 0 Å². The summed E-state index contributed by atoms with van der Waals surface area (Å²) >= 11 is 0. The van der Waals surface area contributed by atoms with Crippen molar-refractivity contribution in [3.63, 3.8) is 0 Å². The van der Waals surface area contributed by atoms with Crippen LogP contribution in [0.4, 0.5) is 8.78 Å². The van der Waals surface area contributed by atoms with Gasteiger partial charge >= 0.3 is 0 Å². The highest BCUT2D eigenvalue weighted by Gasteiger charge is 2.33. The number of hydrogen-bond donors (Lipinski definition) is 1. The number of nitrogens with zero attached hydrogens (tertiary/aromatic N) is 1. The van der Waals surface area contributed by atoms with Crippen molar-refractivity contribution in [1.29, 1.82) is 0 Å². The van der Waals surface area contributed by atoms with Crippen LogP contribution in [0.15, 0.2) is 18.2 Å². The van der Waals surface area contributed by atoms with Gasteiger partial charge in [-0.1, -0.05) is 18.9 Å². The van der Waals surface area contributed by atoms with Crippen LogP contribution in [0, 0.1) is 11.6 Å². The van der Waals surface area contributed by atoms with Crippen LogP contribution in [0.2, 0.25) is 0 Å². The minimum Gasteiger partial charge on any atom is -0.391 e. The van der Waals surface area contributed by atoms with E-state index in [1.54, 1.807) is 6.07 Å². The molecule has 0 bridgehead atoms. The van der Waals surface area contributed by atoms with Gasteiger partial charge in [0.25, 0.3) is 0 Å². The van der Waals surface area contributed by atoms with Crippen molar-refractivity contribution in [3.8, 4) is 0 Å². The van der Waals surface area contributed by atoms with Crippen molar-refractivity contribution in [3.05, 3.63) is 35.4 Å². The average Bonchev–Trinajstić information content (AvgIpc) is 2.51. The summed E-state index contributed by atoms with van der Waals surface area (Å²) in [6.45, 7) is 1.95. The molecule has 0 amide bonds. The lowest BCUT2D eigenvalue weighted by Crippen LogP contribution is -2.50. The summed E-state index contributed by atoms with van der Waals surface area (Å²) in [6.07, 6.45) is 3.50. The predicted octanol–water partition coefficient (Wildman–Crippen LogP) is 2.64. The molecule has 3 rings (SSSR count). The lowest BCUT2D eigenvalue weighted by molar-refractivity contribution is -0.0749. The zero-order valence-corrected chi connectivity index (χ0v) is 12.0. The number of hydrogen-bond acceptors (Lipinski definition) is 3. The van der Waals surface area contributed by atoms with Crippen LogP contribution in [-0.2, 0) is 4.74 Å². The van der Waals surface area contributed by atoms with Crippen LogP contribution in [0.1, 0.15) is 37.4 Å². The number of rotatable bonds is 2. The van der Waals surface area contributed by atoms with E-state index in [1.165, 1.54) is 6.07 Å². The Kier molecular flexibility index (Phi) is 4.52. The molecule has 2 fully saturated rings. The maximum atomic E-state index is 13.4. The van der Waals surface area contributed by atoms with Gasteiger partial charge in [-0.2, -0.15) is 0 Å². The molecule has 0 spiro atoms. The van der Waals surface area contributed by atoms with Crippen LogP contribution in [0.5, 0.6) is 0 Å². The Morgan fingerprint density at radius 3 is 2.71 bits per heavy atom. The predicted molar refractivity (Wildman–Crippen MR) is 74.9 cm³/mol. The van der Waals surface area contributed by atoms with E-state index in [9.17, 15) is 13.9 Å². The third kappa shape index (κ3) is 3.25. The zero-order chi connectivity index (χ0) is 14.8. The first-order valence-electron chi connectivity index (χ1n) is 7.64. The summed E-state index contributed by atoms with van der Waals surface area (Å²) in [7, 11) is 0. The zero-order valence-electron chi connectivity index (χ0n) is 12.0. The minimum atomic E-state index is -0.842. The van der Waals surface area contributed by atoms with Gasteiger partial charge in [-0.05, 0) is 30.5 Å². The number of aliphatic hydroxyl groups excluding tert-OH is 1. The average molecular weight is 297 g/mol. The monoisotopic (exact) mass is 297 g/mol. The van der Waals surface area contributed by atoms with E-state index >= 15 is 0 Å². The normalized spacial score (nSPS) is 31.3. The second kappa shape index (κ2) is 6.38. The molecule has 0 aromatic heterocycles. The smallest absolute Gasteiger partial charge is 0.159 e. The first-order chi connectivity index (χ1) is 10.1. The van der Waals surface area contributed by atoms with Gasteiger partial charge in [0.15, 0.2) is 11.6 Å². The molecular formula is C16H21F2NO2. The summed E-state index contributed by atoms with van der Waals surface area (Å²) in [5.41, 5.74) is 0.656. The van der Waals surface area contributed by atoms with Gasteiger partial charge in [-0.3, -0.25) is 4.90 Å². The van der Waals surface area contributed by atoms with Gasteiger partial charge in [0, 0.05) is 19.1 Å². The fourth-order valence-corrected chi connectivity index (χ4v) is 3.40. The van der Waals surface area contributed by atoms with Crippen molar-refractivity contribution in [1.82, 2.24) is 4.90 Å². The molecule has 1 saturated heterocycles. The van der Waals surface area contributed by atoms with E-state index in [2.05, 4.69) is 4.90 Å². The standard InChI is InChI=1S/C16H21F2NO2/c17-12-6-5-11(9-13(12)18)16-10-19(7-8-21-16)14-3-1-2-4-15(14)20/h5-6,9,14-16,20H,1-4,7-8,10H2. The molecule has 1 saturated carbocycles. The molecule has 3 nitrogen and oxygen atoms in total. The van der Waals surface area contributed by atoms with Gasteiger partial charge in [0.05, 0.1) is 18.8 Å². The van der Waals surface area contributed by atoms with Crippen molar-refractivity contribution >= 4 is 0 Å². The largest absolute Gasteiger partial charge is 0.391 e. The Hall–Kier alpha value is -1.04. The molecule has 3 atom stereocenters. The second-order valence-electron chi connectivity index (χ2n) is 5.95. The maximum absolute atomic E-state index is 13.4. The fraction of sp³-hybridized carbons (Fsp3) is 0.625. The topological polar surface area (TPSA) is 32.7 Å². The highest BCUT2D eigenvalue weighted by atomic mass is 19.2. The molecular weight excluding hydrogens is 276 g/mol. The number of ether oxygens (including phenoxy) is 1. The molecule has 1 aliphatic carbocycles. The SMILES string of the molecule is OC1CCCCC1N1CCOC(c2ccc(F)c(F)c2)C1. The van der Waals surface area contributed by atoms with E-state index in [0.717, 1.165) is 38.3 Å². The van der Waals surface area contributed by atoms with E-state index < -0.39 is 11.6 Å². The van der Waals surface area contributed by atoms with E-state index in [4.69, 9.17) is 4.74 Å². The minimum absolute atomic E-state index is 0.162. The fourth-order valence-electron chi connectivity index (χ4n) is 3.40. The van der Waals surface area contributed by atoms with Gasteiger partial charge in [0.2, 0.25) is 0 Å². The Morgan fingerprint density at radius 2 is 1.95 bits per heavy atom. The molecule has 1 N–H and O–H groups in total. The van der Waals surface area contributed by atoms with Gasteiger partial charge in [-0.15, -0.1) is 0 Å². The highest BCUT2D eigenvalue weighted by Crippen LogP contribution is 2.29. The summed E-state index contributed by atoms with van der Waals surface area (Å²) in [5.74, 6) is -1.68. The lowest BCUT2D eigenvalue weighted by atomic mass is 9.90. The molecule has 1 aromatic rings. The van der Waals surface area contributed by atoms with Crippen LogP contribution < -0.4 is 0 Å². The molecule has 1 aromatic carbocycles. The molecule has 2 aliphatic rings. The van der Waals surface area contributed by atoms with E-state index in [-0.39, 0.29) is 18.2 Å². The number of benzene rings is 1. The molecule has 0 radical (unpaired) electrons. The van der Waals surface area contributed by atoms with Gasteiger partial charge < -0.3 is 9.84 Å². The van der Waals surface area contributed by atoms with Crippen LogP contribution in [0.3, 0.4) is 0 Å². The van der Waals surface area contributed by atoms with Crippen LogP contribution >= 0.6 is 0 Å². The molecule has 116 valence electrons. The summed E-state index contributed by atoms with van der Waals surface area (Å²) in [6, 6.07) is 4.09. The Labute approximate surface area is 123 Å². The van der Waals surface area contributed by atoms with E-state index in [1.807, 2.05) is 0 Å². The van der Waals surface area contributed by atoms with Crippen molar-refractivity contribution in [2.45, 2.75) is 43.9 Å². The van der Waals surface area contributed by atoms with Gasteiger partial charge in [-0.25, -0.2) is 8.78 Å². The molecule has 21 heavy (non-hydrogen) atoms. The first-order valence-corrected chi connectivity index (χ1v) is 7.64. The molecule has 1 heterocycles. The van der Waals surface area contributed by atoms with Crippen LogP contribution in [0.25, 0.3) is 0 Å². The third-order valence-electron chi connectivity index (χ3n) is 4.58. The van der Waals surface area contributed by atoms with Crippen molar-refractivity contribution in [2.75, 3.05) is 19.7 Å². The molecule has 5 heteroatoms. The number of aliphatic hydroxyl groups is 1. The number of halogens is 2. The Bertz CT molecular complexity index is 497. The Balaban J connectivity index is 1.71. The number of morpholine rings is 1. The summed E-state index contributed by atoms with van der Waals surface area (Å²) in [5, 5.41) is 10.2. The van der Waals surface area contributed by atoms with Crippen molar-refractivity contribution < 1.29 is 18.6 Å². The third-order valence-corrected chi connectivity index (χ3v) is 4.58. The Morgan fingerprint density at radius 1 is 1.14 bits per heavy atom. The quantitative estimate of drug-likeness (QED) is 0.911. The molecule has 3 unspecified atom stereocenters.